The summed E-state index contributed by atoms with van der Waals surface area (Å²) in [5.41, 5.74) is 0. The molecule has 0 amide bonds. The van der Waals surface area contributed by atoms with Crippen LogP contribution in [-0.2, 0) is 21.7 Å². The fraction of sp³-hybridized carbons (Fsp3) is 0.500. The van der Waals surface area contributed by atoms with Crippen LogP contribution in [0, 0.1) is 7.43 Å². The average molecular weight is 248 g/mol. The topological polar surface area (TPSA) is 40.5 Å². The van der Waals surface area contributed by atoms with Crippen LogP contribution in [0.4, 0.5) is 0 Å². The maximum Gasteiger partial charge on any atom is 2.00 e. The summed E-state index contributed by atoms with van der Waals surface area (Å²) in [5, 5.41) is 16.1. The molecule has 2 N–H and O–H groups in total. The first kappa shape index (κ1) is 24.3. The number of hydrogen-bond acceptors (Lipinski definition) is 2. The zero-order valence-electron chi connectivity index (χ0n) is 10.4. The van der Waals surface area contributed by atoms with E-state index < -0.39 is 0 Å². The third-order valence-electron chi connectivity index (χ3n) is 0.556. The molecule has 3 heteroatoms. The Balaban J connectivity index is -0.0000000575. The minimum Gasteiger partial charge on any atom is -0.394 e. The van der Waals surface area contributed by atoms with E-state index in [0.29, 0.717) is 0 Å². The van der Waals surface area contributed by atoms with Crippen molar-refractivity contribution in [2.75, 3.05) is 0 Å². The summed E-state index contributed by atoms with van der Waals surface area (Å²) in [4.78, 5) is 0. The van der Waals surface area contributed by atoms with Crippen LogP contribution in [0.3, 0.4) is 0 Å². The van der Waals surface area contributed by atoms with E-state index in [2.05, 4.69) is 0 Å². The molecule has 0 fully saturated rings. The molecule has 0 unspecified atom stereocenters. The molecular formula is C12H24O2Ti. The van der Waals surface area contributed by atoms with Crippen LogP contribution < -0.4 is 0 Å². The first-order valence-corrected chi connectivity index (χ1v) is 4.49. The number of rotatable bonds is 0. The molecular weight excluding hydrogens is 224 g/mol. The van der Waals surface area contributed by atoms with Gasteiger partial charge in [0.25, 0.3) is 0 Å². The molecule has 0 bridgehead atoms. The molecule has 0 heterocycles. The summed E-state index contributed by atoms with van der Waals surface area (Å²) in [6, 6.07) is 10.0. The molecule has 15 heavy (non-hydrogen) atoms. The third kappa shape index (κ3) is 80.8. The van der Waals surface area contributed by atoms with Crippen molar-refractivity contribution in [1.29, 1.82) is 0 Å². The minimum atomic E-state index is -0.167. The van der Waals surface area contributed by atoms with Gasteiger partial charge >= 0.3 is 21.7 Å². The fourth-order valence-corrected chi connectivity index (χ4v) is 0.321. The van der Waals surface area contributed by atoms with E-state index in [1.807, 2.05) is 30.3 Å². The van der Waals surface area contributed by atoms with E-state index in [1.54, 1.807) is 27.7 Å². The Kier molecular flexibility index (Phi) is 31.6. The number of hydrogen-bond donors (Lipinski definition) is 2. The van der Waals surface area contributed by atoms with Crippen LogP contribution in [0.2, 0.25) is 0 Å². The molecule has 0 saturated heterocycles. The fourth-order valence-electron chi connectivity index (χ4n) is 0.321. The monoisotopic (exact) mass is 248 g/mol. The largest absolute Gasteiger partial charge is 2.00 e. The van der Waals surface area contributed by atoms with Crippen LogP contribution in [0.25, 0.3) is 0 Å². The van der Waals surface area contributed by atoms with Gasteiger partial charge in [-0.05, 0) is 27.7 Å². The SMILES string of the molecule is CC(C)O.CC(C)O.[CH3-].[Ti+2].c1cc[cH-]c1. The van der Waals surface area contributed by atoms with Crippen molar-refractivity contribution in [2.24, 2.45) is 0 Å². The molecule has 0 spiro atoms. The van der Waals surface area contributed by atoms with Crippen LogP contribution in [0.1, 0.15) is 27.7 Å². The number of aliphatic hydroxyl groups excluding tert-OH is 2. The van der Waals surface area contributed by atoms with Crippen molar-refractivity contribution in [3.05, 3.63) is 37.8 Å². The maximum atomic E-state index is 8.06. The van der Waals surface area contributed by atoms with Crippen LogP contribution >= 0.6 is 0 Å². The Morgan fingerprint density at radius 2 is 1.07 bits per heavy atom. The Morgan fingerprint density at radius 1 is 0.867 bits per heavy atom. The summed E-state index contributed by atoms with van der Waals surface area (Å²) < 4.78 is 0. The zero-order chi connectivity index (χ0) is 10.7. The zero-order valence-corrected chi connectivity index (χ0v) is 12.0. The van der Waals surface area contributed by atoms with Crippen molar-refractivity contribution in [3.63, 3.8) is 0 Å². The molecule has 2 nitrogen and oxygen atoms in total. The predicted octanol–water partition coefficient (Wildman–Crippen LogP) is 2.63. The minimum absolute atomic E-state index is 0. The second-order valence-electron chi connectivity index (χ2n) is 3.15. The smallest absolute Gasteiger partial charge is 0.394 e. The molecule has 1 aromatic rings. The van der Waals surface area contributed by atoms with Crippen molar-refractivity contribution < 1.29 is 31.9 Å². The van der Waals surface area contributed by atoms with E-state index in [4.69, 9.17) is 10.2 Å². The van der Waals surface area contributed by atoms with Gasteiger partial charge in [0.1, 0.15) is 0 Å². The van der Waals surface area contributed by atoms with E-state index in [1.165, 1.54) is 0 Å². The summed E-state index contributed by atoms with van der Waals surface area (Å²) in [5.74, 6) is 0. The molecule has 0 aromatic heterocycles. The molecule has 0 atom stereocenters. The molecule has 1 rings (SSSR count). The second-order valence-corrected chi connectivity index (χ2v) is 3.15. The van der Waals surface area contributed by atoms with E-state index in [0.717, 1.165) is 0 Å². The van der Waals surface area contributed by atoms with Gasteiger partial charge in [0.05, 0.1) is 0 Å². The standard InChI is InChI=1S/C5H5.2C3H8O.CH3.Ti/c1-2-4-5-3-1;2*1-3(2)4;;/h1-5H;2*3-4H,1-2H3;1H3;/q-1;;;-1;+2. The Morgan fingerprint density at radius 3 is 1.13 bits per heavy atom. The van der Waals surface area contributed by atoms with Gasteiger partial charge in [0.15, 0.2) is 0 Å². The molecule has 0 aliphatic heterocycles. The van der Waals surface area contributed by atoms with E-state index in [9.17, 15) is 0 Å². The normalized spacial score (nSPS) is 7.47. The molecule has 0 aliphatic carbocycles. The Labute approximate surface area is 110 Å². The van der Waals surface area contributed by atoms with Crippen molar-refractivity contribution in [3.8, 4) is 0 Å². The predicted molar refractivity (Wildman–Crippen MR) is 63.2 cm³/mol. The summed E-state index contributed by atoms with van der Waals surface area (Å²) in [7, 11) is 0. The molecule has 0 radical (unpaired) electrons. The first-order valence-electron chi connectivity index (χ1n) is 4.49. The van der Waals surface area contributed by atoms with Gasteiger partial charge in [0, 0.05) is 12.2 Å². The van der Waals surface area contributed by atoms with Gasteiger partial charge < -0.3 is 17.6 Å². The van der Waals surface area contributed by atoms with Crippen molar-refractivity contribution in [2.45, 2.75) is 39.9 Å². The average Bonchev–Trinajstić information content (AvgIpc) is 2.35. The van der Waals surface area contributed by atoms with Gasteiger partial charge in [0.2, 0.25) is 0 Å². The van der Waals surface area contributed by atoms with Crippen molar-refractivity contribution >= 4 is 0 Å². The molecule has 1 aromatic carbocycles. The van der Waals surface area contributed by atoms with Crippen LogP contribution in [0.5, 0.6) is 0 Å². The van der Waals surface area contributed by atoms with Crippen LogP contribution in [0.15, 0.2) is 30.3 Å². The number of aliphatic hydroxyl groups is 2. The van der Waals surface area contributed by atoms with Gasteiger partial charge in [-0.25, -0.2) is 12.1 Å². The van der Waals surface area contributed by atoms with E-state index >= 15 is 0 Å². The molecule has 0 aliphatic rings. The van der Waals surface area contributed by atoms with Crippen LogP contribution in [-0.4, -0.2) is 22.4 Å². The Bertz CT molecular complexity index is 120. The maximum absolute atomic E-state index is 8.06. The van der Waals surface area contributed by atoms with Gasteiger partial charge in [-0.2, -0.15) is 18.2 Å². The van der Waals surface area contributed by atoms with Crippen molar-refractivity contribution in [1.82, 2.24) is 0 Å². The van der Waals surface area contributed by atoms with Gasteiger partial charge in [-0.15, -0.1) is 0 Å². The molecule has 0 saturated carbocycles. The quantitative estimate of drug-likeness (QED) is 0.547. The van der Waals surface area contributed by atoms with Gasteiger partial charge in [-0.1, -0.05) is 0 Å². The Hall–Kier alpha value is -0.0157. The summed E-state index contributed by atoms with van der Waals surface area (Å²) in [6.07, 6.45) is -0.333. The first-order chi connectivity index (χ1) is 5.96. The summed E-state index contributed by atoms with van der Waals surface area (Å²) >= 11 is 0. The molecule has 88 valence electrons. The van der Waals surface area contributed by atoms with Gasteiger partial charge in [-0.3, -0.25) is 0 Å². The summed E-state index contributed by atoms with van der Waals surface area (Å²) in [6.45, 7) is 6.89. The third-order valence-corrected chi connectivity index (χ3v) is 0.556. The second kappa shape index (κ2) is 19.5. The van der Waals surface area contributed by atoms with E-state index in [-0.39, 0.29) is 41.4 Å².